The van der Waals surface area contributed by atoms with Gasteiger partial charge in [0.25, 0.3) is 5.69 Å². The molecule has 8 heteroatoms. The lowest BCUT2D eigenvalue weighted by atomic mass is 10.2. The first-order valence-electron chi connectivity index (χ1n) is 6.08. The Morgan fingerprint density at radius 2 is 1.86 bits per heavy atom. The number of pyridine rings is 1. The first-order chi connectivity index (χ1) is 9.92. The van der Waals surface area contributed by atoms with Crippen molar-refractivity contribution in [2.24, 2.45) is 0 Å². The van der Waals surface area contributed by atoms with Crippen LogP contribution in [0.3, 0.4) is 0 Å². The van der Waals surface area contributed by atoms with Gasteiger partial charge in [-0.05, 0) is 25.1 Å². The molecule has 0 aliphatic carbocycles. The zero-order chi connectivity index (χ0) is 15.5. The lowest BCUT2D eigenvalue weighted by molar-refractivity contribution is -0.387. The Morgan fingerprint density at radius 3 is 2.48 bits per heavy atom. The average molecular weight is 307 g/mol. The summed E-state index contributed by atoms with van der Waals surface area (Å²) in [5.74, 6) is 0. The highest BCUT2D eigenvalue weighted by molar-refractivity contribution is 7.89. The van der Waals surface area contributed by atoms with Crippen LogP contribution in [0.5, 0.6) is 0 Å². The van der Waals surface area contributed by atoms with Crippen LogP contribution < -0.4 is 4.72 Å². The number of nitro groups is 1. The quantitative estimate of drug-likeness (QED) is 0.672. The van der Waals surface area contributed by atoms with Crippen LogP contribution >= 0.6 is 0 Å². The van der Waals surface area contributed by atoms with Gasteiger partial charge in [0.2, 0.25) is 10.0 Å². The van der Waals surface area contributed by atoms with E-state index in [1.807, 2.05) is 0 Å². The molecule has 110 valence electrons. The van der Waals surface area contributed by atoms with E-state index in [0.717, 1.165) is 6.07 Å². The maximum absolute atomic E-state index is 12.3. The summed E-state index contributed by atoms with van der Waals surface area (Å²) in [6, 6.07) is 9.73. The Morgan fingerprint density at radius 1 is 1.19 bits per heavy atom. The minimum absolute atomic E-state index is 0.363. The molecular formula is C13H13N3O4S. The maximum atomic E-state index is 12.3. The molecule has 2 aromatic rings. The second kappa shape index (κ2) is 5.98. The number of rotatable bonds is 5. The van der Waals surface area contributed by atoms with Gasteiger partial charge in [-0.3, -0.25) is 15.1 Å². The lowest BCUT2D eigenvalue weighted by Gasteiger charge is -2.13. The lowest BCUT2D eigenvalue weighted by Crippen LogP contribution is -2.28. The van der Waals surface area contributed by atoms with Gasteiger partial charge in [0.05, 0.1) is 16.7 Å². The molecule has 1 unspecified atom stereocenters. The topological polar surface area (TPSA) is 102 Å². The molecule has 0 spiro atoms. The molecule has 1 aromatic heterocycles. The zero-order valence-electron chi connectivity index (χ0n) is 11.1. The third-order valence-corrected chi connectivity index (χ3v) is 4.40. The summed E-state index contributed by atoms with van der Waals surface area (Å²) in [5, 5.41) is 10.9. The van der Waals surface area contributed by atoms with Crippen molar-refractivity contribution >= 4 is 15.7 Å². The Bertz CT molecular complexity index is 747. The molecule has 1 atom stereocenters. The van der Waals surface area contributed by atoms with Gasteiger partial charge in [-0.1, -0.05) is 18.2 Å². The highest BCUT2D eigenvalue weighted by Gasteiger charge is 2.27. The first-order valence-corrected chi connectivity index (χ1v) is 7.57. The van der Waals surface area contributed by atoms with E-state index < -0.39 is 26.7 Å². The SMILES string of the molecule is CC(NS(=O)(=O)c1ccccc1[N+](=O)[O-])c1ccccn1. The Kier molecular flexibility index (Phi) is 4.29. The molecule has 0 amide bonds. The molecular weight excluding hydrogens is 294 g/mol. The van der Waals surface area contributed by atoms with E-state index in [-0.39, 0.29) is 4.90 Å². The normalized spacial score (nSPS) is 12.8. The minimum atomic E-state index is -4.02. The number of para-hydroxylation sites is 1. The van der Waals surface area contributed by atoms with Gasteiger partial charge in [0.1, 0.15) is 0 Å². The summed E-state index contributed by atoms with van der Waals surface area (Å²) in [5.41, 5.74) is 0.0675. The van der Waals surface area contributed by atoms with E-state index in [9.17, 15) is 18.5 Å². The van der Waals surface area contributed by atoms with Crippen molar-refractivity contribution < 1.29 is 13.3 Å². The second-order valence-electron chi connectivity index (χ2n) is 4.32. The van der Waals surface area contributed by atoms with Crippen molar-refractivity contribution in [3.8, 4) is 0 Å². The van der Waals surface area contributed by atoms with Crippen molar-refractivity contribution in [1.29, 1.82) is 0 Å². The van der Waals surface area contributed by atoms with Crippen molar-refractivity contribution in [3.63, 3.8) is 0 Å². The van der Waals surface area contributed by atoms with Crippen molar-refractivity contribution in [2.75, 3.05) is 0 Å². The van der Waals surface area contributed by atoms with E-state index in [1.54, 1.807) is 31.3 Å². The van der Waals surface area contributed by atoms with Gasteiger partial charge >= 0.3 is 0 Å². The summed E-state index contributed by atoms with van der Waals surface area (Å²) < 4.78 is 27.0. The standard InChI is InChI=1S/C13H13N3O4S/c1-10(11-6-4-5-9-14-11)15-21(19,20)13-8-3-2-7-12(13)16(17)18/h2-10,15H,1H3. The molecule has 7 nitrogen and oxygen atoms in total. The van der Waals surface area contributed by atoms with Crippen LogP contribution in [0.25, 0.3) is 0 Å². The van der Waals surface area contributed by atoms with Gasteiger partial charge in [-0.25, -0.2) is 13.1 Å². The number of nitrogens with one attached hydrogen (secondary N) is 1. The first kappa shape index (κ1) is 15.1. The summed E-state index contributed by atoms with van der Waals surface area (Å²) >= 11 is 0. The van der Waals surface area contributed by atoms with Gasteiger partial charge in [-0.2, -0.15) is 0 Å². The fraction of sp³-hybridized carbons (Fsp3) is 0.154. The highest BCUT2D eigenvalue weighted by Crippen LogP contribution is 2.24. The van der Waals surface area contributed by atoms with E-state index in [1.165, 1.54) is 18.2 Å². The molecule has 0 aliphatic rings. The molecule has 1 N–H and O–H groups in total. The van der Waals surface area contributed by atoms with E-state index in [0.29, 0.717) is 5.69 Å². The molecule has 1 aromatic carbocycles. The molecule has 2 rings (SSSR count). The summed E-state index contributed by atoms with van der Waals surface area (Å²) in [6.45, 7) is 1.62. The Labute approximate surface area is 121 Å². The number of benzene rings is 1. The number of hydrogen-bond donors (Lipinski definition) is 1. The molecule has 0 bridgehead atoms. The smallest absolute Gasteiger partial charge is 0.260 e. The predicted molar refractivity (Wildman–Crippen MR) is 76.1 cm³/mol. The number of nitrogens with zero attached hydrogens (tertiary/aromatic N) is 2. The summed E-state index contributed by atoms with van der Waals surface area (Å²) in [6.07, 6.45) is 1.55. The van der Waals surface area contributed by atoms with Crippen LogP contribution in [-0.2, 0) is 10.0 Å². The number of aromatic nitrogens is 1. The van der Waals surface area contributed by atoms with Crippen molar-refractivity contribution in [2.45, 2.75) is 17.9 Å². The summed E-state index contributed by atoms with van der Waals surface area (Å²) in [7, 11) is -4.02. The largest absolute Gasteiger partial charge is 0.289 e. The zero-order valence-corrected chi connectivity index (χ0v) is 11.9. The maximum Gasteiger partial charge on any atom is 0.289 e. The fourth-order valence-electron chi connectivity index (χ4n) is 1.82. The third kappa shape index (κ3) is 3.41. The number of sulfonamides is 1. The van der Waals surface area contributed by atoms with Crippen LogP contribution in [0.15, 0.2) is 53.6 Å². The predicted octanol–water partition coefficient (Wildman–Crippen LogP) is 2.03. The van der Waals surface area contributed by atoms with Crippen LogP contribution in [0, 0.1) is 10.1 Å². The monoisotopic (exact) mass is 307 g/mol. The number of nitro benzene ring substituents is 1. The molecule has 0 fully saturated rings. The Balaban J connectivity index is 2.34. The van der Waals surface area contributed by atoms with Gasteiger partial charge < -0.3 is 0 Å². The molecule has 0 radical (unpaired) electrons. The van der Waals surface area contributed by atoms with Crippen molar-refractivity contribution in [3.05, 3.63) is 64.5 Å². The minimum Gasteiger partial charge on any atom is -0.260 e. The fourth-order valence-corrected chi connectivity index (χ4v) is 3.21. The van der Waals surface area contributed by atoms with Gasteiger partial charge in [0, 0.05) is 12.3 Å². The molecule has 1 heterocycles. The van der Waals surface area contributed by atoms with E-state index in [2.05, 4.69) is 9.71 Å². The van der Waals surface area contributed by atoms with Crippen molar-refractivity contribution in [1.82, 2.24) is 9.71 Å². The van der Waals surface area contributed by atoms with Crippen LogP contribution in [-0.4, -0.2) is 18.3 Å². The summed E-state index contributed by atoms with van der Waals surface area (Å²) in [4.78, 5) is 13.9. The van der Waals surface area contributed by atoms with E-state index >= 15 is 0 Å². The van der Waals surface area contributed by atoms with Crippen LogP contribution in [0.2, 0.25) is 0 Å². The molecule has 0 aliphatic heterocycles. The van der Waals surface area contributed by atoms with Gasteiger partial charge in [0.15, 0.2) is 4.90 Å². The molecule has 0 saturated heterocycles. The molecule has 0 saturated carbocycles. The third-order valence-electron chi connectivity index (χ3n) is 2.81. The average Bonchev–Trinajstić information content (AvgIpc) is 2.47. The van der Waals surface area contributed by atoms with Crippen LogP contribution in [0.1, 0.15) is 18.7 Å². The van der Waals surface area contributed by atoms with Gasteiger partial charge in [-0.15, -0.1) is 0 Å². The molecule has 21 heavy (non-hydrogen) atoms. The number of hydrogen-bond acceptors (Lipinski definition) is 5. The highest BCUT2D eigenvalue weighted by atomic mass is 32.2. The van der Waals surface area contributed by atoms with E-state index in [4.69, 9.17) is 0 Å². The second-order valence-corrected chi connectivity index (χ2v) is 6.00. The van der Waals surface area contributed by atoms with Crippen LogP contribution in [0.4, 0.5) is 5.69 Å². The Hall–Kier alpha value is -2.32.